The van der Waals surface area contributed by atoms with Crippen LogP contribution in [0.2, 0.25) is 0 Å². The minimum absolute atomic E-state index is 0.0573. The number of benzene rings is 1. The Morgan fingerprint density at radius 3 is 2.59 bits per heavy atom. The van der Waals surface area contributed by atoms with Crippen molar-refractivity contribution < 1.29 is 19.1 Å². The minimum Gasteiger partial charge on any atom is -0.486 e. The highest BCUT2D eigenvalue weighted by atomic mass is 79.9. The molecule has 4 rings (SSSR count). The van der Waals surface area contributed by atoms with Crippen LogP contribution in [0, 0.1) is 5.92 Å². The summed E-state index contributed by atoms with van der Waals surface area (Å²) in [5, 5.41) is 3.07. The molecule has 3 aliphatic rings. The number of rotatable bonds is 4. The molecule has 2 unspecified atom stereocenters. The second-order valence-corrected chi connectivity index (χ2v) is 8.49. The number of carbonyl (C=O) groups is 2. The van der Waals surface area contributed by atoms with E-state index in [2.05, 4.69) is 21.2 Å². The van der Waals surface area contributed by atoms with Gasteiger partial charge in [-0.1, -0.05) is 28.8 Å². The summed E-state index contributed by atoms with van der Waals surface area (Å²) in [6.45, 7) is 3.55. The summed E-state index contributed by atoms with van der Waals surface area (Å²) >= 11 is 3.56. The van der Waals surface area contributed by atoms with Gasteiger partial charge in [-0.3, -0.25) is 9.59 Å². The van der Waals surface area contributed by atoms with Crippen molar-refractivity contribution in [2.75, 3.05) is 19.8 Å². The molecular formula is C20H25BrN2O4. The van der Waals surface area contributed by atoms with Crippen LogP contribution in [-0.2, 0) is 9.59 Å². The first-order valence-corrected chi connectivity index (χ1v) is 10.5. The largest absolute Gasteiger partial charge is 0.486 e. The topological polar surface area (TPSA) is 67.9 Å². The first kappa shape index (κ1) is 18.6. The molecule has 0 bridgehead atoms. The van der Waals surface area contributed by atoms with Crippen molar-refractivity contribution in [3.8, 4) is 11.5 Å². The molecular weight excluding hydrogens is 412 g/mol. The number of nitrogens with zero attached hydrogens (tertiary/aromatic N) is 1. The van der Waals surface area contributed by atoms with Gasteiger partial charge in [-0.05, 0) is 37.5 Å². The average Bonchev–Trinajstić information content (AvgIpc) is 3.30. The van der Waals surface area contributed by atoms with Crippen LogP contribution in [0.25, 0.3) is 0 Å². The quantitative estimate of drug-likeness (QED) is 0.786. The van der Waals surface area contributed by atoms with Crippen LogP contribution in [0.5, 0.6) is 11.5 Å². The van der Waals surface area contributed by atoms with Crippen molar-refractivity contribution in [2.24, 2.45) is 5.92 Å². The first-order valence-electron chi connectivity index (χ1n) is 9.72. The summed E-state index contributed by atoms with van der Waals surface area (Å²) in [7, 11) is 0. The van der Waals surface area contributed by atoms with Crippen LogP contribution in [0.15, 0.2) is 16.6 Å². The Bertz CT molecular complexity index is 748. The zero-order valence-electron chi connectivity index (χ0n) is 15.5. The number of ether oxygens (including phenoxy) is 2. The Morgan fingerprint density at radius 1 is 1.22 bits per heavy atom. The van der Waals surface area contributed by atoms with Gasteiger partial charge in [0, 0.05) is 23.5 Å². The van der Waals surface area contributed by atoms with Crippen molar-refractivity contribution in [1.29, 1.82) is 0 Å². The lowest BCUT2D eigenvalue weighted by molar-refractivity contribution is -0.130. The van der Waals surface area contributed by atoms with E-state index in [9.17, 15) is 9.59 Å². The van der Waals surface area contributed by atoms with Gasteiger partial charge in [-0.2, -0.15) is 0 Å². The van der Waals surface area contributed by atoms with Crippen LogP contribution in [0.4, 0.5) is 0 Å². The molecule has 2 aliphatic heterocycles. The van der Waals surface area contributed by atoms with Crippen molar-refractivity contribution in [2.45, 2.75) is 51.1 Å². The molecule has 1 aromatic rings. The summed E-state index contributed by atoms with van der Waals surface area (Å²) in [4.78, 5) is 27.1. The highest BCUT2D eigenvalue weighted by Gasteiger charge is 2.39. The molecule has 1 saturated heterocycles. The van der Waals surface area contributed by atoms with E-state index < -0.39 is 0 Å². The Labute approximate surface area is 167 Å². The van der Waals surface area contributed by atoms with Crippen LogP contribution < -0.4 is 14.8 Å². The molecule has 6 nitrogen and oxygen atoms in total. The summed E-state index contributed by atoms with van der Waals surface area (Å²) in [6.07, 6.45) is 4.82. The molecule has 2 heterocycles. The third-order valence-electron chi connectivity index (χ3n) is 5.78. The third-order valence-corrected chi connectivity index (χ3v) is 6.47. The van der Waals surface area contributed by atoms with Crippen LogP contribution in [0.1, 0.15) is 50.6 Å². The van der Waals surface area contributed by atoms with E-state index >= 15 is 0 Å². The van der Waals surface area contributed by atoms with Gasteiger partial charge in [0.15, 0.2) is 11.5 Å². The third kappa shape index (κ3) is 3.79. The highest BCUT2D eigenvalue weighted by molar-refractivity contribution is 9.10. The Morgan fingerprint density at radius 2 is 1.89 bits per heavy atom. The van der Waals surface area contributed by atoms with E-state index in [0.29, 0.717) is 43.7 Å². The summed E-state index contributed by atoms with van der Waals surface area (Å²) in [5.74, 6) is 1.21. The molecule has 2 fully saturated rings. The van der Waals surface area contributed by atoms with E-state index in [4.69, 9.17) is 9.47 Å². The maximum atomic E-state index is 12.8. The number of carbonyl (C=O) groups excluding carboxylic acids is 2. The second-order valence-electron chi connectivity index (χ2n) is 7.63. The monoisotopic (exact) mass is 436 g/mol. The summed E-state index contributed by atoms with van der Waals surface area (Å²) in [6, 6.07) is 3.93. The van der Waals surface area contributed by atoms with E-state index in [0.717, 1.165) is 22.9 Å². The van der Waals surface area contributed by atoms with Gasteiger partial charge >= 0.3 is 0 Å². The lowest BCUT2D eigenvalue weighted by atomic mass is 10.0. The Hall–Kier alpha value is -1.76. The van der Waals surface area contributed by atoms with Crippen molar-refractivity contribution in [3.63, 3.8) is 0 Å². The number of likely N-dealkylation sites (tertiary alicyclic amines) is 1. The SMILES string of the molecule is CC(NC(=O)C1CC(=O)N(C2CCCC2)C1)c1cc2c(cc1Br)OCCO2. The number of hydrogen-bond acceptors (Lipinski definition) is 4. The first-order chi connectivity index (χ1) is 13.0. The lowest BCUT2D eigenvalue weighted by Crippen LogP contribution is -2.37. The van der Waals surface area contributed by atoms with E-state index in [1.807, 2.05) is 24.0 Å². The van der Waals surface area contributed by atoms with Gasteiger partial charge in [-0.15, -0.1) is 0 Å². The summed E-state index contributed by atoms with van der Waals surface area (Å²) in [5.41, 5.74) is 0.935. The van der Waals surface area contributed by atoms with Crippen molar-refractivity contribution in [3.05, 3.63) is 22.2 Å². The minimum atomic E-state index is -0.267. The molecule has 146 valence electrons. The van der Waals surface area contributed by atoms with Crippen LogP contribution in [0.3, 0.4) is 0 Å². The fourth-order valence-corrected chi connectivity index (χ4v) is 4.96. The van der Waals surface area contributed by atoms with Gasteiger partial charge in [0.05, 0.1) is 12.0 Å². The molecule has 0 aromatic heterocycles. The number of halogens is 1. The number of amides is 2. The molecule has 1 saturated carbocycles. The fourth-order valence-electron chi connectivity index (χ4n) is 4.30. The Kier molecular flexibility index (Phi) is 5.30. The zero-order valence-corrected chi connectivity index (χ0v) is 17.1. The molecule has 0 radical (unpaired) electrons. The normalized spacial score (nSPS) is 23.6. The molecule has 1 aromatic carbocycles. The maximum absolute atomic E-state index is 12.8. The number of nitrogens with one attached hydrogen (secondary N) is 1. The lowest BCUT2D eigenvalue weighted by Gasteiger charge is -2.25. The second kappa shape index (κ2) is 7.70. The zero-order chi connectivity index (χ0) is 19.0. The molecule has 1 aliphatic carbocycles. The van der Waals surface area contributed by atoms with Crippen LogP contribution >= 0.6 is 15.9 Å². The molecule has 0 spiro atoms. The predicted molar refractivity (Wildman–Crippen MR) is 104 cm³/mol. The van der Waals surface area contributed by atoms with Gasteiger partial charge in [0.25, 0.3) is 0 Å². The van der Waals surface area contributed by atoms with E-state index in [-0.39, 0.29) is 23.8 Å². The van der Waals surface area contributed by atoms with E-state index in [1.54, 1.807) is 0 Å². The molecule has 1 N–H and O–H groups in total. The van der Waals surface area contributed by atoms with Crippen molar-refractivity contribution >= 4 is 27.7 Å². The number of fused-ring (bicyclic) bond motifs is 1. The van der Waals surface area contributed by atoms with Crippen molar-refractivity contribution in [1.82, 2.24) is 10.2 Å². The van der Waals surface area contributed by atoms with Gasteiger partial charge in [0.1, 0.15) is 13.2 Å². The molecule has 2 atom stereocenters. The number of hydrogen-bond donors (Lipinski definition) is 1. The predicted octanol–water partition coefficient (Wildman–Crippen LogP) is 3.19. The average molecular weight is 437 g/mol. The highest BCUT2D eigenvalue weighted by Crippen LogP contribution is 2.38. The van der Waals surface area contributed by atoms with Gasteiger partial charge < -0.3 is 19.7 Å². The summed E-state index contributed by atoms with van der Waals surface area (Å²) < 4.78 is 12.1. The molecule has 7 heteroatoms. The molecule has 2 amide bonds. The van der Waals surface area contributed by atoms with Gasteiger partial charge in [-0.25, -0.2) is 0 Å². The fraction of sp³-hybridized carbons (Fsp3) is 0.600. The smallest absolute Gasteiger partial charge is 0.225 e. The molecule has 27 heavy (non-hydrogen) atoms. The van der Waals surface area contributed by atoms with Crippen LogP contribution in [-0.4, -0.2) is 42.5 Å². The Balaban J connectivity index is 1.41. The standard InChI is InChI=1S/C20H25BrN2O4/c1-12(15-9-17-18(10-16(15)21)27-7-6-26-17)22-20(25)13-8-19(24)23(11-13)14-4-2-3-5-14/h9-10,12-14H,2-8,11H2,1H3,(H,22,25). The van der Waals surface area contributed by atoms with E-state index in [1.165, 1.54) is 12.8 Å². The van der Waals surface area contributed by atoms with Gasteiger partial charge in [0.2, 0.25) is 11.8 Å². The maximum Gasteiger partial charge on any atom is 0.225 e.